The number of esters is 1. The standard InChI is InChI=1S/C30H45N5O8.C4H10/c1-17(21(36)24(31)37)32-25(38)20-10-9-15-35(20)26(39)22(29(2,3)4)33-28(41)34-23(30(5,6)7)27(40)43-16-18-11-13-19(42-8)14-12-18;1-4(2)3/h11-14,17,20,22-23H,9-10,15-16H2,1-8H3,(H2,31,37)(H,32,38)(H2,33,34,41);4H,1-3H3. The van der Waals surface area contributed by atoms with Gasteiger partial charge in [0.25, 0.3) is 5.91 Å². The Balaban J connectivity index is 0.00000260. The van der Waals surface area contributed by atoms with Crippen molar-refractivity contribution in [3.63, 3.8) is 0 Å². The van der Waals surface area contributed by atoms with E-state index in [9.17, 15) is 28.8 Å². The fourth-order valence-electron chi connectivity index (χ4n) is 4.60. The molecule has 4 atom stereocenters. The van der Waals surface area contributed by atoms with Gasteiger partial charge in [-0.25, -0.2) is 9.59 Å². The van der Waals surface area contributed by atoms with Crippen molar-refractivity contribution >= 4 is 35.5 Å². The smallest absolute Gasteiger partial charge is 0.329 e. The van der Waals surface area contributed by atoms with E-state index in [0.29, 0.717) is 18.6 Å². The number of primary amides is 1. The highest BCUT2D eigenvalue weighted by Crippen LogP contribution is 2.27. The van der Waals surface area contributed by atoms with Crippen molar-refractivity contribution in [1.82, 2.24) is 20.9 Å². The van der Waals surface area contributed by atoms with Crippen LogP contribution in [0.4, 0.5) is 4.79 Å². The molecule has 0 radical (unpaired) electrons. The van der Waals surface area contributed by atoms with Crippen LogP contribution in [0, 0.1) is 16.7 Å². The number of carbonyl (C=O) groups excluding carboxylic acids is 6. The molecule has 1 heterocycles. The lowest BCUT2D eigenvalue weighted by molar-refractivity contribution is -0.150. The molecule has 47 heavy (non-hydrogen) atoms. The Morgan fingerprint density at radius 1 is 0.872 bits per heavy atom. The van der Waals surface area contributed by atoms with E-state index in [1.807, 2.05) is 0 Å². The lowest BCUT2D eigenvalue weighted by atomic mass is 9.85. The highest BCUT2D eigenvalue weighted by molar-refractivity contribution is 6.37. The minimum atomic E-state index is -1.17. The predicted octanol–water partition coefficient (Wildman–Crippen LogP) is 3.08. The zero-order chi connectivity index (χ0) is 36.3. The zero-order valence-corrected chi connectivity index (χ0v) is 29.8. The minimum absolute atomic E-state index is 0.0100. The van der Waals surface area contributed by atoms with E-state index >= 15 is 0 Å². The Morgan fingerprint density at radius 2 is 1.38 bits per heavy atom. The summed E-state index contributed by atoms with van der Waals surface area (Å²) in [5.41, 5.74) is 4.26. The van der Waals surface area contributed by atoms with Crippen LogP contribution < -0.4 is 26.4 Å². The molecule has 13 heteroatoms. The van der Waals surface area contributed by atoms with Crippen LogP contribution >= 0.6 is 0 Å². The maximum atomic E-state index is 13.8. The molecule has 0 spiro atoms. The van der Waals surface area contributed by atoms with Crippen LogP contribution in [0.25, 0.3) is 0 Å². The number of hydrogen-bond acceptors (Lipinski definition) is 8. The number of Topliss-reactive ketones (excluding diaryl/α,β-unsaturated/α-hetero) is 1. The van der Waals surface area contributed by atoms with Crippen molar-refractivity contribution in [2.45, 2.75) is 113 Å². The molecule has 264 valence electrons. The van der Waals surface area contributed by atoms with Crippen LogP contribution in [0.2, 0.25) is 0 Å². The second kappa shape index (κ2) is 17.7. The van der Waals surface area contributed by atoms with Crippen LogP contribution in [-0.4, -0.2) is 78.2 Å². The molecule has 2 rings (SSSR count). The normalized spacial score (nSPS) is 16.5. The maximum Gasteiger partial charge on any atom is 0.329 e. The average Bonchev–Trinajstić information content (AvgIpc) is 3.46. The number of nitrogens with two attached hydrogens (primary N) is 1. The summed E-state index contributed by atoms with van der Waals surface area (Å²) < 4.78 is 10.6. The lowest BCUT2D eigenvalue weighted by Crippen LogP contribution is -2.61. The number of benzene rings is 1. The maximum absolute atomic E-state index is 13.8. The topological polar surface area (TPSA) is 186 Å². The van der Waals surface area contributed by atoms with Crippen LogP contribution in [0.15, 0.2) is 24.3 Å². The van der Waals surface area contributed by atoms with E-state index < -0.39 is 70.5 Å². The quantitative estimate of drug-likeness (QED) is 0.206. The third-order valence-electron chi connectivity index (χ3n) is 7.14. The van der Waals surface area contributed by atoms with Crippen LogP contribution in [-0.2, 0) is 35.3 Å². The van der Waals surface area contributed by atoms with Crippen molar-refractivity contribution in [3.8, 4) is 5.75 Å². The highest BCUT2D eigenvalue weighted by atomic mass is 16.5. The summed E-state index contributed by atoms with van der Waals surface area (Å²) in [5.74, 6) is -2.37. The van der Waals surface area contributed by atoms with Gasteiger partial charge in [0.1, 0.15) is 30.5 Å². The lowest BCUT2D eigenvalue weighted by Gasteiger charge is -2.36. The number of rotatable bonds is 11. The summed E-state index contributed by atoms with van der Waals surface area (Å²) in [6.45, 7) is 18.7. The Labute approximate surface area is 279 Å². The van der Waals surface area contributed by atoms with Gasteiger partial charge in [0.05, 0.1) is 13.2 Å². The molecule has 0 saturated carbocycles. The average molecular weight is 662 g/mol. The number of urea groups is 1. The molecule has 4 unspecified atom stereocenters. The molecule has 1 aliphatic heterocycles. The molecule has 13 nitrogen and oxygen atoms in total. The van der Waals surface area contributed by atoms with E-state index in [0.717, 1.165) is 11.5 Å². The van der Waals surface area contributed by atoms with Crippen molar-refractivity contribution in [2.75, 3.05) is 13.7 Å². The molecule has 0 bridgehead atoms. The van der Waals surface area contributed by atoms with Gasteiger partial charge in [-0.2, -0.15) is 0 Å². The number of hydrogen-bond donors (Lipinski definition) is 4. The molecule has 5 N–H and O–H groups in total. The largest absolute Gasteiger partial charge is 0.497 e. The highest BCUT2D eigenvalue weighted by Gasteiger charge is 2.43. The fraction of sp³-hybridized carbons (Fsp3) is 0.647. The van der Waals surface area contributed by atoms with Crippen molar-refractivity contribution in [3.05, 3.63) is 29.8 Å². The first-order valence-electron chi connectivity index (χ1n) is 15.9. The van der Waals surface area contributed by atoms with Gasteiger partial charge in [-0.3, -0.25) is 19.2 Å². The first kappa shape index (κ1) is 40.9. The van der Waals surface area contributed by atoms with Crippen LogP contribution in [0.5, 0.6) is 5.75 Å². The minimum Gasteiger partial charge on any atom is -0.497 e. The second-order valence-electron chi connectivity index (χ2n) is 14.6. The third-order valence-corrected chi connectivity index (χ3v) is 7.14. The molecule has 1 saturated heterocycles. The molecule has 0 aliphatic carbocycles. The summed E-state index contributed by atoms with van der Waals surface area (Å²) in [7, 11) is 1.55. The molecule has 1 aromatic rings. The Morgan fingerprint density at radius 3 is 1.85 bits per heavy atom. The van der Waals surface area contributed by atoms with E-state index in [4.69, 9.17) is 15.2 Å². The molecular formula is C34H55N5O8. The summed E-state index contributed by atoms with van der Waals surface area (Å²) >= 11 is 0. The summed E-state index contributed by atoms with van der Waals surface area (Å²) in [4.78, 5) is 77.4. The monoisotopic (exact) mass is 661 g/mol. The van der Waals surface area contributed by atoms with Gasteiger partial charge in [0.15, 0.2) is 0 Å². The molecule has 0 aromatic heterocycles. The number of nitrogens with one attached hydrogen (secondary N) is 3. The van der Waals surface area contributed by atoms with Gasteiger partial charge in [0, 0.05) is 6.54 Å². The van der Waals surface area contributed by atoms with Gasteiger partial charge in [-0.15, -0.1) is 0 Å². The Hall–Kier alpha value is -4.16. The molecule has 1 fully saturated rings. The summed E-state index contributed by atoms with van der Waals surface area (Å²) in [6, 6.07) is 2.10. The number of carbonyl (C=O) groups is 6. The van der Waals surface area contributed by atoms with Crippen LogP contribution in [0.1, 0.15) is 87.6 Å². The molecule has 5 amide bonds. The van der Waals surface area contributed by atoms with Crippen LogP contribution in [0.3, 0.4) is 0 Å². The molecule has 1 aliphatic rings. The Bertz CT molecular complexity index is 1250. The van der Waals surface area contributed by atoms with Gasteiger partial charge < -0.3 is 36.1 Å². The summed E-state index contributed by atoms with van der Waals surface area (Å²) in [5, 5.41) is 7.82. The van der Waals surface area contributed by atoms with E-state index in [1.54, 1.807) is 72.9 Å². The Kier molecular flexibility index (Phi) is 15.4. The van der Waals surface area contributed by atoms with Gasteiger partial charge in [0.2, 0.25) is 17.6 Å². The number of methoxy groups -OCH3 is 1. The van der Waals surface area contributed by atoms with E-state index in [-0.39, 0.29) is 13.2 Å². The van der Waals surface area contributed by atoms with Crippen molar-refractivity contribution in [1.29, 1.82) is 0 Å². The first-order chi connectivity index (χ1) is 21.6. The number of amides is 5. The third kappa shape index (κ3) is 13.2. The second-order valence-corrected chi connectivity index (χ2v) is 14.6. The first-order valence-corrected chi connectivity index (χ1v) is 15.9. The van der Waals surface area contributed by atoms with Crippen molar-refractivity contribution < 1.29 is 38.2 Å². The van der Waals surface area contributed by atoms with Gasteiger partial charge >= 0.3 is 12.0 Å². The summed E-state index contributed by atoms with van der Waals surface area (Å²) in [6.07, 6.45) is 0.863. The van der Waals surface area contributed by atoms with Gasteiger partial charge in [-0.05, 0) is 54.2 Å². The zero-order valence-electron chi connectivity index (χ0n) is 29.8. The SMILES string of the molecule is CC(C)C.COc1ccc(COC(=O)C(NC(=O)NC(C(=O)N2CCCC2C(=O)NC(C)C(=O)C(N)=O)C(C)(C)C)C(C)(C)C)cc1. The van der Waals surface area contributed by atoms with Crippen molar-refractivity contribution in [2.24, 2.45) is 22.5 Å². The number of ether oxygens (including phenoxy) is 2. The molecular weight excluding hydrogens is 606 g/mol. The molecule has 1 aromatic carbocycles. The number of ketones is 1. The number of nitrogens with zero attached hydrogens (tertiary/aromatic N) is 1. The number of likely N-dealkylation sites (tertiary alicyclic amines) is 1. The predicted molar refractivity (Wildman–Crippen MR) is 178 cm³/mol. The fourth-order valence-corrected chi connectivity index (χ4v) is 4.60. The van der Waals surface area contributed by atoms with E-state index in [2.05, 4.69) is 36.7 Å². The van der Waals surface area contributed by atoms with Gasteiger partial charge in [-0.1, -0.05) is 74.4 Å². The van der Waals surface area contributed by atoms with E-state index in [1.165, 1.54) is 11.8 Å².